The second kappa shape index (κ2) is 9.76. The number of carbonyl (C=O) groups is 1. The van der Waals surface area contributed by atoms with E-state index in [9.17, 15) is 15.0 Å². The molecule has 5 rings (SSSR count). The molecule has 35 heavy (non-hydrogen) atoms. The van der Waals surface area contributed by atoms with Crippen molar-refractivity contribution in [3.05, 3.63) is 89.4 Å². The van der Waals surface area contributed by atoms with Gasteiger partial charge in [-0.3, -0.25) is 9.78 Å². The predicted molar refractivity (Wildman–Crippen MR) is 136 cm³/mol. The number of thioether (sulfide) groups is 1. The van der Waals surface area contributed by atoms with Gasteiger partial charge in [-0.05, 0) is 61.4 Å². The number of anilines is 1. The number of benzene rings is 2. The number of phenolic OH excluding ortho intramolecular Hbond substituents is 2. The lowest BCUT2D eigenvalue weighted by Crippen LogP contribution is -2.30. The van der Waals surface area contributed by atoms with Crippen LogP contribution in [-0.2, 0) is 19.4 Å². The zero-order valence-corrected chi connectivity index (χ0v) is 20.0. The molecule has 0 spiro atoms. The Morgan fingerprint density at radius 3 is 2.60 bits per heavy atom. The van der Waals surface area contributed by atoms with Crippen LogP contribution in [0, 0.1) is 0 Å². The minimum absolute atomic E-state index is 0.106. The largest absolute Gasteiger partial charge is 0.508 e. The summed E-state index contributed by atoms with van der Waals surface area (Å²) in [6.45, 7) is 0.270. The quantitative estimate of drug-likeness (QED) is 0.293. The Kier molecular flexibility index (Phi) is 6.37. The molecule has 0 unspecified atom stereocenters. The van der Waals surface area contributed by atoms with E-state index in [2.05, 4.69) is 9.97 Å². The van der Waals surface area contributed by atoms with E-state index in [4.69, 9.17) is 4.98 Å². The number of carbonyl (C=O) groups excluding carboxylic acids is 1. The zero-order valence-electron chi connectivity index (χ0n) is 19.2. The summed E-state index contributed by atoms with van der Waals surface area (Å²) >= 11 is 1.53. The first-order chi connectivity index (χ1) is 17.0. The Morgan fingerprint density at radius 2 is 1.89 bits per heavy atom. The van der Waals surface area contributed by atoms with Crippen LogP contribution in [0.4, 0.5) is 5.69 Å². The van der Waals surface area contributed by atoms with Gasteiger partial charge >= 0.3 is 0 Å². The predicted octanol–water partition coefficient (Wildman–Crippen LogP) is 5.01. The molecule has 1 aliphatic rings. The van der Waals surface area contributed by atoms with Crippen molar-refractivity contribution < 1.29 is 15.0 Å². The average molecular weight is 485 g/mol. The third kappa shape index (κ3) is 4.70. The Bertz CT molecular complexity index is 1380. The van der Waals surface area contributed by atoms with E-state index < -0.39 is 0 Å². The van der Waals surface area contributed by atoms with Crippen LogP contribution in [0.25, 0.3) is 11.3 Å². The van der Waals surface area contributed by atoms with E-state index in [-0.39, 0.29) is 29.5 Å². The topological polar surface area (TPSA) is 99.4 Å². The molecule has 0 atom stereocenters. The van der Waals surface area contributed by atoms with Crippen molar-refractivity contribution in [2.45, 2.75) is 31.0 Å². The maximum Gasteiger partial charge on any atom is 0.262 e. The fourth-order valence-electron chi connectivity index (χ4n) is 4.34. The molecular weight excluding hydrogens is 460 g/mol. The number of aromatic nitrogens is 3. The first kappa shape index (κ1) is 22.9. The summed E-state index contributed by atoms with van der Waals surface area (Å²) in [7, 11) is 0. The summed E-state index contributed by atoms with van der Waals surface area (Å²) in [6.07, 6.45) is 8.38. The van der Waals surface area contributed by atoms with Crippen LogP contribution in [0.2, 0.25) is 0 Å². The van der Waals surface area contributed by atoms with E-state index in [0.29, 0.717) is 5.69 Å². The summed E-state index contributed by atoms with van der Waals surface area (Å²) in [5, 5.41) is 20.7. The standard InChI is InChI=1S/C27H24N4O3S/c1-35-27-29-23-6-2-5-21(23)25(30-27)18-7-9-19(10-8-18)31(16-17-4-3-13-28-15-17)26(34)22-12-11-20(32)14-24(22)33/h3-4,7-15,32-33H,2,5-6,16H2,1H3. The average Bonchev–Trinajstić information content (AvgIpc) is 3.36. The molecule has 0 radical (unpaired) electrons. The number of aromatic hydroxyl groups is 2. The molecule has 2 aromatic carbocycles. The molecule has 8 heteroatoms. The number of amides is 1. The van der Waals surface area contributed by atoms with Crippen LogP contribution in [0.5, 0.6) is 11.5 Å². The molecule has 2 aromatic heterocycles. The fraction of sp³-hybridized carbons (Fsp3) is 0.185. The first-order valence-electron chi connectivity index (χ1n) is 11.3. The van der Waals surface area contributed by atoms with Gasteiger partial charge < -0.3 is 15.1 Å². The van der Waals surface area contributed by atoms with E-state index in [1.165, 1.54) is 29.5 Å². The van der Waals surface area contributed by atoms with Gasteiger partial charge in [0, 0.05) is 41.0 Å². The van der Waals surface area contributed by atoms with Crippen LogP contribution >= 0.6 is 11.8 Å². The molecule has 4 aromatic rings. The monoisotopic (exact) mass is 484 g/mol. The van der Waals surface area contributed by atoms with Crippen LogP contribution in [0.15, 0.2) is 72.1 Å². The second-order valence-corrected chi connectivity index (χ2v) is 9.11. The van der Waals surface area contributed by atoms with Gasteiger partial charge in [0.1, 0.15) is 11.5 Å². The second-order valence-electron chi connectivity index (χ2n) is 8.34. The van der Waals surface area contributed by atoms with Gasteiger partial charge in [-0.25, -0.2) is 9.97 Å². The fourth-order valence-corrected chi connectivity index (χ4v) is 4.72. The molecule has 0 bridgehead atoms. The maximum atomic E-state index is 13.5. The number of pyridine rings is 1. The highest BCUT2D eigenvalue weighted by molar-refractivity contribution is 7.98. The highest BCUT2D eigenvalue weighted by Gasteiger charge is 2.23. The molecule has 176 valence electrons. The maximum absolute atomic E-state index is 13.5. The normalized spacial score (nSPS) is 12.4. The molecule has 0 aliphatic heterocycles. The Morgan fingerprint density at radius 1 is 1.06 bits per heavy atom. The lowest BCUT2D eigenvalue weighted by atomic mass is 10.0. The summed E-state index contributed by atoms with van der Waals surface area (Å²) in [4.78, 5) is 28.7. The lowest BCUT2D eigenvalue weighted by molar-refractivity contribution is 0.0982. The Labute approximate surface area is 207 Å². The Hall–Kier alpha value is -3.91. The van der Waals surface area contributed by atoms with Gasteiger partial charge in [0.05, 0.1) is 17.8 Å². The van der Waals surface area contributed by atoms with Crippen LogP contribution in [0.3, 0.4) is 0 Å². The number of rotatable bonds is 6. The van der Waals surface area contributed by atoms with Crippen LogP contribution < -0.4 is 4.90 Å². The van der Waals surface area contributed by atoms with Crippen LogP contribution in [0.1, 0.15) is 33.6 Å². The van der Waals surface area contributed by atoms with E-state index >= 15 is 0 Å². The summed E-state index contributed by atoms with van der Waals surface area (Å²) in [6, 6.07) is 15.4. The smallest absolute Gasteiger partial charge is 0.262 e. The molecule has 1 amide bonds. The summed E-state index contributed by atoms with van der Waals surface area (Å²) in [5.74, 6) is -0.764. The van der Waals surface area contributed by atoms with Crippen molar-refractivity contribution in [1.82, 2.24) is 15.0 Å². The summed E-state index contributed by atoms with van der Waals surface area (Å²) in [5.41, 5.74) is 5.88. The third-order valence-corrected chi connectivity index (χ3v) is 6.62. The number of phenols is 2. The number of hydrogen-bond donors (Lipinski definition) is 2. The molecule has 2 heterocycles. The first-order valence-corrected chi connectivity index (χ1v) is 12.5. The van der Waals surface area contributed by atoms with Gasteiger partial charge in [-0.2, -0.15) is 0 Å². The van der Waals surface area contributed by atoms with Crippen LogP contribution in [-0.4, -0.2) is 37.3 Å². The number of aryl methyl sites for hydroxylation is 1. The van der Waals surface area contributed by atoms with Crippen molar-refractivity contribution >= 4 is 23.4 Å². The SMILES string of the molecule is CSc1nc2c(c(-c3ccc(N(Cc4cccnc4)C(=O)c4ccc(O)cc4O)cc3)n1)CCC2. The third-order valence-electron chi connectivity index (χ3n) is 6.07. The molecule has 7 nitrogen and oxygen atoms in total. The van der Waals surface area contributed by atoms with Crippen molar-refractivity contribution in [2.75, 3.05) is 11.2 Å². The van der Waals surface area contributed by atoms with E-state index in [1.807, 2.05) is 42.7 Å². The lowest BCUT2D eigenvalue weighted by Gasteiger charge is -2.24. The molecule has 0 saturated carbocycles. The molecule has 2 N–H and O–H groups in total. The molecule has 0 fully saturated rings. The Balaban J connectivity index is 1.52. The zero-order chi connectivity index (χ0) is 24.4. The minimum atomic E-state index is -0.383. The van der Waals surface area contributed by atoms with Gasteiger partial charge in [-0.15, -0.1) is 0 Å². The van der Waals surface area contributed by atoms with Crippen molar-refractivity contribution in [1.29, 1.82) is 0 Å². The van der Waals surface area contributed by atoms with Crippen molar-refractivity contribution in [2.24, 2.45) is 0 Å². The number of nitrogens with zero attached hydrogens (tertiary/aromatic N) is 4. The molecular formula is C27H24N4O3S. The minimum Gasteiger partial charge on any atom is -0.508 e. The highest BCUT2D eigenvalue weighted by atomic mass is 32.2. The van der Waals surface area contributed by atoms with Gasteiger partial charge in [-0.1, -0.05) is 30.0 Å². The molecule has 0 saturated heterocycles. The van der Waals surface area contributed by atoms with Gasteiger partial charge in [0.25, 0.3) is 5.91 Å². The van der Waals surface area contributed by atoms with Gasteiger partial charge in [0.2, 0.25) is 0 Å². The number of hydrogen-bond acceptors (Lipinski definition) is 7. The van der Waals surface area contributed by atoms with Crippen molar-refractivity contribution in [3.63, 3.8) is 0 Å². The van der Waals surface area contributed by atoms with E-state index in [1.54, 1.807) is 17.3 Å². The van der Waals surface area contributed by atoms with Gasteiger partial charge in [0.15, 0.2) is 5.16 Å². The molecule has 1 aliphatic carbocycles. The number of fused-ring (bicyclic) bond motifs is 1. The highest BCUT2D eigenvalue weighted by Crippen LogP contribution is 2.33. The van der Waals surface area contributed by atoms with Crippen molar-refractivity contribution in [3.8, 4) is 22.8 Å². The summed E-state index contributed by atoms with van der Waals surface area (Å²) < 4.78 is 0. The van der Waals surface area contributed by atoms with E-state index in [0.717, 1.165) is 53.0 Å².